The molecular weight excluding hydrogens is 363 g/mol. The van der Waals surface area contributed by atoms with E-state index in [4.69, 9.17) is 11.5 Å². The third-order valence-corrected chi connectivity index (χ3v) is 2.94. The first-order chi connectivity index (χ1) is 8.97. The van der Waals surface area contributed by atoms with Crippen LogP contribution in [0.4, 0.5) is 29.0 Å². The minimum Gasteiger partial charge on any atom is -0.378 e. The molecule has 0 atom stereocenters. The first kappa shape index (κ1) is 13.3. The standard InChI is InChI=1S/C10H9IN6O2/c11-5-1-3-6(4-2-5)14-9-7(17(18)19)8(12)15-10(13)16-9/h1-4H,(H5,12,13,14,15,16). The highest BCUT2D eigenvalue weighted by Gasteiger charge is 2.22. The largest absolute Gasteiger partial charge is 0.378 e. The van der Waals surface area contributed by atoms with Crippen LogP contribution in [-0.2, 0) is 0 Å². The molecule has 0 aliphatic rings. The Morgan fingerprint density at radius 3 is 2.42 bits per heavy atom. The van der Waals surface area contributed by atoms with Gasteiger partial charge in [-0.2, -0.15) is 9.97 Å². The molecule has 0 amide bonds. The van der Waals surface area contributed by atoms with Crippen LogP contribution in [0.5, 0.6) is 0 Å². The van der Waals surface area contributed by atoms with Gasteiger partial charge in [0.2, 0.25) is 17.6 Å². The molecule has 98 valence electrons. The number of rotatable bonds is 3. The molecule has 0 saturated heterocycles. The highest BCUT2D eigenvalue weighted by atomic mass is 127. The molecule has 0 saturated carbocycles. The van der Waals surface area contributed by atoms with Gasteiger partial charge < -0.3 is 16.8 Å². The lowest BCUT2D eigenvalue weighted by molar-refractivity contribution is -0.383. The predicted octanol–water partition coefficient (Wildman–Crippen LogP) is 1.90. The Bertz CT molecular complexity index is 631. The van der Waals surface area contributed by atoms with E-state index in [1.54, 1.807) is 12.1 Å². The maximum atomic E-state index is 11.0. The summed E-state index contributed by atoms with van der Waals surface area (Å²) in [7, 11) is 0. The predicted molar refractivity (Wildman–Crippen MR) is 80.0 cm³/mol. The van der Waals surface area contributed by atoms with Gasteiger partial charge in [-0.15, -0.1) is 0 Å². The molecule has 0 fully saturated rings. The van der Waals surface area contributed by atoms with Crippen molar-refractivity contribution in [3.8, 4) is 0 Å². The molecular formula is C10H9IN6O2. The van der Waals surface area contributed by atoms with Crippen molar-refractivity contribution in [1.29, 1.82) is 0 Å². The van der Waals surface area contributed by atoms with E-state index in [0.29, 0.717) is 5.69 Å². The smallest absolute Gasteiger partial charge is 0.353 e. The zero-order valence-electron chi connectivity index (χ0n) is 9.50. The van der Waals surface area contributed by atoms with E-state index in [-0.39, 0.29) is 17.6 Å². The van der Waals surface area contributed by atoms with Crippen molar-refractivity contribution in [2.75, 3.05) is 16.8 Å². The van der Waals surface area contributed by atoms with E-state index in [1.807, 2.05) is 12.1 Å². The second-order valence-electron chi connectivity index (χ2n) is 3.55. The number of halogens is 1. The lowest BCUT2D eigenvalue weighted by Gasteiger charge is -2.08. The second-order valence-corrected chi connectivity index (χ2v) is 4.80. The first-order valence-corrected chi connectivity index (χ1v) is 6.15. The Morgan fingerprint density at radius 1 is 1.21 bits per heavy atom. The molecule has 1 aromatic heterocycles. The van der Waals surface area contributed by atoms with Crippen LogP contribution >= 0.6 is 22.6 Å². The Kier molecular flexibility index (Phi) is 3.64. The lowest BCUT2D eigenvalue weighted by Crippen LogP contribution is -2.08. The van der Waals surface area contributed by atoms with Crippen molar-refractivity contribution >= 4 is 51.5 Å². The minimum atomic E-state index is -0.649. The molecule has 0 aliphatic carbocycles. The second kappa shape index (κ2) is 5.22. The van der Waals surface area contributed by atoms with Crippen LogP contribution in [0.15, 0.2) is 24.3 Å². The molecule has 0 spiro atoms. The molecule has 0 radical (unpaired) electrons. The molecule has 9 heteroatoms. The molecule has 8 nitrogen and oxygen atoms in total. The molecule has 0 unspecified atom stereocenters. The average Bonchev–Trinajstić information content (AvgIpc) is 2.30. The molecule has 2 aromatic rings. The summed E-state index contributed by atoms with van der Waals surface area (Å²) in [6.45, 7) is 0. The molecule has 0 aliphatic heterocycles. The van der Waals surface area contributed by atoms with Crippen LogP contribution in [0.3, 0.4) is 0 Å². The Hall–Kier alpha value is -2.17. The van der Waals surface area contributed by atoms with Crippen molar-refractivity contribution in [2.24, 2.45) is 0 Å². The number of aromatic nitrogens is 2. The lowest BCUT2D eigenvalue weighted by atomic mass is 10.3. The number of hydrogen-bond acceptors (Lipinski definition) is 7. The fraction of sp³-hybridized carbons (Fsp3) is 0. The summed E-state index contributed by atoms with van der Waals surface area (Å²) in [5.41, 5.74) is 11.2. The SMILES string of the molecule is Nc1nc(N)c([N+](=O)[O-])c(Nc2ccc(I)cc2)n1. The number of nitrogens with one attached hydrogen (secondary N) is 1. The van der Waals surface area contributed by atoms with Crippen molar-refractivity contribution in [2.45, 2.75) is 0 Å². The molecule has 0 bridgehead atoms. The van der Waals surface area contributed by atoms with E-state index >= 15 is 0 Å². The number of anilines is 4. The summed E-state index contributed by atoms with van der Waals surface area (Å²) in [6, 6.07) is 7.23. The van der Waals surface area contributed by atoms with Gasteiger partial charge in [0, 0.05) is 9.26 Å². The van der Waals surface area contributed by atoms with Crippen molar-refractivity contribution < 1.29 is 4.92 Å². The van der Waals surface area contributed by atoms with Gasteiger partial charge in [0.25, 0.3) is 0 Å². The van der Waals surface area contributed by atoms with Gasteiger partial charge >= 0.3 is 5.69 Å². The van der Waals surface area contributed by atoms with Crippen LogP contribution in [0.1, 0.15) is 0 Å². The molecule has 1 aromatic carbocycles. The monoisotopic (exact) mass is 372 g/mol. The number of nitrogen functional groups attached to an aromatic ring is 2. The minimum absolute atomic E-state index is 0.0313. The third kappa shape index (κ3) is 2.99. The summed E-state index contributed by atoms with van der Waals surface area (Å²) in [4.78, 5) is 17.7. The van der Waals surface area contributed by atoms with Crippen LogP contribution in [0, 0.1) is 13.7 Å². The van der Waals surface area contributed by atoms with Crippen molar-refractivity contribution in [3.63, 3.8) is 0 Å². The maximum Gasteiger partial charge on any atom is 0.353 e. The van der Waals surface area contributed by atoms with Crippen molar-refractivity contribution in [3.05, 3.63) is 37.9 Å². The van der Waals surface area contributed by atoms with Crippen LogP contribution in [-0.4, -0.2) is 14.9 Å². The van der Waals surface area contributed by atoms with Gasteiger partial charge in [-0.25, -0.2) is 0 Å². The third-order valence-electron chi connectivity index (χ3n) is 2.22. The fourth-order valence-corrected chi connectivity index (χ4v) is 1.79. The van der Waals surface area contributed by atoms with Gasteiger partial charge in [0.05, 0.1) is 4.92 Å². The number of nitrogens with zero attached hydrogens (tertiary/aromatic N) is 3. The van der Waals surface area contributed by atoms with Gasteiger partial charge in [-0.1, -0.05) is 0 Å². The van der Waals surface area contributed by atoms with Crippen LogP contribution in [0.25, 0.3) is 0 Å². The normalized spacial score (nSPS) is 10.2. The maximum absolute atomic E-state index is 11.0. The fourth-order valence-electron chi connectivity index (χ4n) is 1.43. The number of hydrogen-bond donors (Lipinski definition) is 3. The van der Waals surface area contributed by atoms with Gasteiger partial charge in [-0.3, -0.25) is 10.1 Å². The number of nitrogens with two attached hydrogens (primary N) is 2. The van der Waals surface area contributed by atoms with E-state index in [0.717, 1.165) is 3.57 Å². The summed E-state index contributed by atoms with van der Waals surface area (Å²) in [5.74, 6) is -0.433. The first-order valence-electron chi connectivity index (χ1n) is 5.07. The van der Waals surface area contributed by atoms with Gasteiger partial charge in [-0.05, 0) is 46.9 Å². The van der Waals surface area contributed by atoms with E-state index in [2.05, 4.69) is 37.9 Å². The highest BCUT2D eigenvalue weighted by molar-refractivity contribution is 14.1. The molecule has 19 heavy (non-hydrogen) atoms. The Morgan fingerprint density at radius 2 is 1.84 bits per heavy atom. The summed E-state index contributed by atoms with van der Waals surface area (Å²) < 4.78 is 1.04. The topological polar surface area (TPSA) is 133 Å². The summed E-state index contributed by atoms with van der Waals surface area (Å²) >= 11 is 2.15. The van der Waals surface area contributed by atoms with Crippen LogP contribution < -0.4 is 16.8 Å². The quantitative estimate of drug-likeness (QED) is 0.426. The van der Waals surface area contributed by atoms with E-state index < -0.39 is 10.6 Å². The summed E-state index contributed by atoms with van der Waals surface area (Å²) in [5, 5.41) is 13.8. The summed E-state index contributed by atoms with van der Waals surface area (Å²) in [6.07, 6.45) is 0. The Labute approximate surface area is 121 Å². The van der Waals surface area contributed by atoms with Crippen molar-refractivity contribution in [1.82, 2.24) is 9.97 Å². The number of nitro groups is 1. The highest BCUT2D eigenvalue weighted by Crippen LogP contribution is 2.30. The molecule has 5 N–H and O–H groups in total. The van der Waals surface area contributed by atoms with Gasteiger partial charge in [0.15, 0.2) is 0 Å². The van der Waals surface area contributed by atoms with E-state index in [1.165, 1.54) is 0 Å². The van der Waals surface area contributed by atoms with Crippen LogP contribution in [0.2, 0.25) is 0 Å². The Balaban J connectivity index is 2.44. The van der Waals surface area contributed by atoms with Gasteiger partial charge in [0.1, 0.15) is 0 Å². The molecule has 2 rings (SSSR count). The van der Waals surface area contributed by atoms with E-state index in [9.17, 15) is 10.1 Å². The molecule has 1 heterocycles. The zero-order chi connectivity index (χ0) is 14.0. The zero-order valence-corrected chi connectivity index (χ0v) is 11.7. The number of benzene rings is 1. The average molecular weight is 372 g/mol.